The topological polar surface area (TPSA) is 211 Å². The molecule has 0 fully saturated rings. The molecule has 0 radical (unpaired) electrons. The van der Waals surface area contributed by atoms with Crippen LogP contribution in [0.3, 0.4) is 0 Å². The number of aliphatic hydroxyl groups excluding tert-OH is 1. The predicted molar refractivity (Wildman–Crippen MR) is 83.3 cm³/mol. The van der Waals surface area contributed by atoms with Crippen molar-refractivity contribution >= 4 is 23.7 Å². The van der Waals surface area contributed by atoms with Crippen molar-refractivity contribution in [3.05, 3.63) is 0 Å². The lowest BCUT2D eigenvalue weighted by molar-refractivity contribution is -0.143. The third-order valence-corrected chi connectivity index (χ3v) is 3.14. The molecule has 24 heavy (non-hydrogen) atoms. The van der Waals surface area contributed by atoms with Crippen molar-refractivity contribution in [3.8, 4) is 0 Å². The van der Waals surface area contributed by atoms with Crippen LogP contribution in [0.15, 0.2) is 0 Å². The highest BCUT2D eigenvalue weighted by Gasteiger charge is 2.28. The number of primary amides is 1. The predicted octanol–water partition coefficient (Wildman–Crippen LogP) is -3.64. The average Bonchev–Trinajstić information content (AvgIpc) is 2.50. The molecule has 3 amide bonds. The zero-order valence-corrected chi connectivity index (χ0v) is 13.2. The quantitative estimate of drug-likeness (QED) is 0.174. The van der Waals surface area contributed by atoms with Gasteiger partial charge >= 0.3 is 5.97 Å². The van der Waals surface area contributed by atoms with Crippen molar-refractivity contribution in [2.45, 2.75) is 43.8 Å². The molecule has 11 heteroatoms. The molecule has 0 aliphatic rings. The molecular formula is C13H25N5O6. The number of nitrogens with two attached hydrogens (primary N) is 3. The fourth-order valence-corrected chi connectivity index (χ4v) is 1.79. The van der Waals surface area contributed by atoms with Crippen molar-refractivity contribution in [3.63, 3.8) is 0 Å². The Hall–Kier alpha value is -2.24. The van der Waals surface area contributed by atoms with Crippen molar-refractivity contribution in [2.24, 2.45) is 17.2 Å². The second-order valence-electron chi connectivity index (χ2n) is 5.20. The van der Waals surface area contributed by atoms with Gasteiger partial charge < -0.3 is 38.0 Å². The Labute approximate surface area is 138 Å². The molecule has 0 aliphatic carbocycles. The SMILES string of the molecule is NCCCC[C@H](N)C(=O)N[C@@H](CC(N)=O)C(=O)N[C@@H](CO)C(=O)O. The van der Waals surface area contributed by atoms with E-state index in [9.17, 15) is 19.2 Å². The number of carboxylic acids is 1. The number of aliphatic hydroxyl groups is 1. The maximum Gasteiger partial charge on any atom is 0.328 e. The number of carboxylic acid groups (broad SMARTS) is 1. The first-order valence-corrected chi connectivity index (χ1v) is 7.41. The van der Waals surface area contributed by atoms with Crippen molar-refractivity contribution in [1.82, 2.24) is 10.6 Å². The number of aliphatic carboxylic acids is 1. The zero-order chi connectivity index (χ0) is 18.7. The Morgan fingerprint density at radius 3 is 2.04 bits per heavy atom. The van der Waals surface area contributed by atoms with Crippen LogP contribution in [-0.2, 0) is 19.2 Å². The van der Waals surface area contributed by atoms with Gasteiger partial charge in [0.1, 0.15) is 12.1 Å². The van der Waals surface area contributed by atoms with Gasteiger partial charge in [0.2, 0.25) is 17.7 Å². The molecule has 0 saturated heterocycles. The normalized spacial score (nSPS) is 14.3. The Bertz CT molecular complexity index is 458. The van der Waals surface area contributed by atoms with Crippen LogP contribution in [0.5, 0.6) is 0 Å². The number of unbranched alkanes of at least 4 members (excludes halogenated alkanes) is 1. The lowest BCUT2D eigenvalue weighted by atomic mass is 10.1. The fourth-order valence-electron chi connectivity index (χ4n) is 1.79. The third kappa shape index (κ3) is 8.41. The second-order valence-corrected chi connectivity index (χ2v) is 5.20. The minimum Gasteiger partial charge on any atom is -0.480 e. The van der Waals surface area contributed by atoms with Gasteiger partial charge in [-0.2, -0.15) is 0 Å². The summed E-state index contributed by atoms with van der Waals surface area (Å²) < 4.78 is 0. The second kappa shape index (κ2) is 11.3. The summed E-state index contributed by atoms with van der Waals surface area (Å²) in [5, 5.41) is 21.9. The first kappa shape index (κ1) is 21.8. The monoisotopic (exact) mass is 347 g/mol. The van der Waals surface area contributed by atoms with E-state index >= 15 is 0 Å². The highest BCUT2D eigenvalue weighted by Crippen LogP contribution is 2.01. The third-order valence-electron chi connectivity index (χ3n) is 3.14. The number of carbonyl (C=O) groups is 4. The molecule has 0 bridgehead atoms. The Morgan fingerprint density at radius 1 is 1.00 bits per heavy atom. The van der Waals surface area contributed by atoms with E-state index in [1.807, 2.05) is 5.32 Å². The summed E-state index contributed by atoms with van der Waals surface area (Å²) in [6.07, 6.45) is 1.10. The van der Waals surface area contributed by atoms with Gasteiger partial charge in [-0.15, -0.1) is 0 Å². The number of rotatable bonds is 12. The van der Waals surface area contributed by atoms with Crippen LogP contribution in [0.1, 0.15) is 25.7 Å². The van der Waals surface area contributed by atoms with Crippen LogP contribution in [0.4, 0.5) is 0 Å². The number of nitrogens with one attached hydrogen (secondary N) is 2. The summed E-state index contributed by atoms with van der Waals surface area (Å²) in [4.78, 5) is 45.8. The molecule has 0 aromatic rings. The molecule has 0 aromatic carbocycles. The highest BCUT2D eigenvalue weighted by atomic mass is 16.4. The van der Waals surface area contributed by atoms with E-state index in [1.54, 1.807) is 0 Å². The minimum absolute atomic E-state index is 0.336. The first-order chi connectivity index (χ1) is 11.2. The van der Waals surface area contributed by atoms with Crippen molar-refractivity contribution in [2.75, 3.05) is 13.2 Å². The lowest BCUT2D eigenvalue weighted by Gasteiger charge is -2.21. The van der Waals surface area contributed by atoms with E-state index in [-0.39, 0.29) is 0 Å². The standard InChI is InChI=1S/C13H25N5O6/c14-4-2-1-3-7(15)11(21)17-8(5-10(16)20)12(22)18-9(6-19)13(23)24/h7-9,19H,1-6,14-15H2,(H2,16,20)(H,17,21)(H,18,22)(H,23,24)/t7-,8-,9-/m0/s1. The summed E-state index contributed by atoms with van der Waals surface area (Å²) in [6, 6.07) is -3.86. The van der Waals surface area contributed by atoms with Crippen molar-refractivity contribution in [1.29, 1.82) is 0 Å². The van der Waals surface area contributed by atoms with Crippen LogP contribution in [-0.4, -0.2) is 65.2 Å². The lowest BCUT2D eigenvalue weighted by Crippen LogP contribution is -2.56. The van der Waals surface area contributed by atoms with E-state index in [0.717, 1.165) is 0 Å². The van der Waals surface area contributed by atoms with E-state index in [1.165, 1.54) is 0 Å². The van der Waals surface area contributed by atoms with Crippen LogP contribution < -0.4 is 27.8 Å². The molecule has 11 nitrogen and oxygen atoms in total. The van der Waals surface area contributed by atoms with Crippen LogP contribution >= 0.6 is 0 Å². The van der Waals surface area contributed by atoms with Crippen LogP contribution in [0, 0.1) is 0 Å². The molecule has 0 spiro atoms. The van der Waals surface area contributed by atoms with E-state index < -0.39 is 54.8 Å². The summed E-state index contributed by atoms with van der Waals surface area (Å²) in [5.41, 5.74) is 16.0. The zero-order valence-electron chi connectivity index (χ0n) is 13.2. The van der Waals surface area contributed by atoms with Gasteiger partial charge in [-0.1, -0.05) is 6.42 Å². The molecule has 0 unspecified atom stereocenters. The first-order valence-electron chi connectivity index (χ1n) is 7.41. The Kier molecular flexibility index (Phi) is 10.3. The van der Waals surface area contributed by atoms with Gasteiger partial charge in [0.25, 0.3) is 0 Å². The van der Waals surface area contributed by atoms with Crippen LogP contribution in [0.25, 0.3) is 0 Å². The molecule has 3 atom stereocenters. The van der Waals surface area contributed by atoms with Gasteiger partial charge in [-0.3, -0.25) is 14.4 Å². The number of amides is 3. The number of hydrogen-bond donors (Lipinski definition) is 7. The van der Waals surface area contributed by atoms with E-state index in [0.29, 0.717) is 25.8 Å². The summed E-state index contributed by atoms with van der Waals surface area (Å²) in [7, 11) is 0. The molecule has 0 aliphatic heterocycles. The maximum absolute atomic E-state index is 12.0. The molecule has 0 rings (SSSR count). The molecule has 10 N–H and O–H groups in total. The van der Waals surface area contributed by atoms with Crippen molar-refractivity contribution < 1.29 is 29.4 Å². The van der Waals surface area contributed by atoms with Gasteiger partial charge in [-0.25, -0.2) is 4.79 Å². The molecule has 0 aromatic heterocycles. The summed E-state index contributed by atoms with van der Waals surface area (Å²) >= 11 is 0. The van der Waals surface area contributed by atoms with Gasteiger partial charge in [-0.05, 0) is 19.4 Å². The molecular weight excluding hydrogens is 322 g/mol. The van der Waals surface area contributed by atoms with E-state index in [2.05, 4.69) is 5.32 Å². The largest absolute Gasteiger partial charge is 0.480 e. The molecule has 138 valence electrons. The molecule has 0 saturated carbocycles. The maximum atomic E-state index is 12.0. The smallest absolute Gasteiger partial charge is 0.328 e. The van der Waals surface area contributed by atoms with Gasteiger partial charge in [0, 0.05) is 0 Å². The average molecular weight is 347 g/mol. The highest BCUT2D eigenvalue weighted by molar-refractivity contribution is 5.94. The minimum atomic E-state index is -1.57. The van der Waals surface area contributed by atoms with E-state index in [4.69, 9.17) is 27.4 Å². The van der Waals surface area contributed by atoms with Gasteiger partial charge in [0.05, 0.1) is 19.1 Å². The fraction of sp³-hybridized carbons (Fsp3) is 0.692. The summed E-state index contributed by atoms with van der Waals surface area (Å²) in [6.45, 7) is -0.393. The Balaban J connectivity index is 4.81. The van der Waals surface area contributed by atoms with Crippen LogP contribution in [0.2, 0.25) is 0 Å². The number of hydrogen-bond acceptors (Lipinski definition) is 7. The Morgan fingerprint density at radius 2 is 1.58 bits per heavy atom. The van der Waals surface area contributed by atoms with Gasteiger partial charge in [0.15, 0.2) is 0 Å². The number of carbonyl (C=O) groups excluding carboxylic acids is 3. The summed E-state index contributed by atoms with van der Waals surface area (Å²) in [5.74, 6) is -3.97. The molecule has 0 heterocycles.